The van der Waals surface area contributed by atoms with Crippen LogP contribution in [0.3, 0.4) is 0 Å². The van der Waals surface area contributed by atoms with Crippen molar-refractivity contribution in [3.8, 4) is 5.75 Å². The van der Waals surface area contributed by atoms with Gasteiger partial charge in [-0.3, -0.25) is 0 Å². The molecule has 78 valence electrons. The molecule has 0 aliphatic carbocycles. The van der Waals surface area contributed by atoms with Crippen LogP contribution in [0, 0.1) is 0 Å². The van der Waals surface area contributed by atoms with E-state index in [1.54, 1.807) is 0 Å². The standard InChI is InChI=1S/C9H9N3O3/c1-15-6-3-4(8(13)14)2-5-7(6)12-9(10)11-5/h2-3H,1H3,(H,13,14)(H3,10,11,12). The Morgan fingerprint density at radius 3 is 2.93 bits per heavy atom. The highest BCUT2D eigenvalue weighted by Crippen LogP contribution is 2.26. The molecule has 0 saturated carbocycles. The number of rotatable bonds is 2. The van der Waals surface area contributed by atoms with Gasteiger partial charge in [-0.2, -0.15) is 0 Å². The maximum atomic E-state index is 10.8. The number of benzene rings is 1. The first-order chi connectivity index (χ1) is 7.11. The smallest absolute Gasteiger partial charge is 0.335 e. The fourth-order valence-corrected chi connectivity index (χ4v) is 1.38. The van der Waals surface area contributed by atoms with E-state index in [4.69, 9.17) is 15.6 Å². The maximum absolute atomic E-state index is 10.8. The lowest BCUT2D eigenvalue weighted by Crippen LogP contribution is -1.97. The Hall–Kier alpha value is -2.24. The van der Waals surface area contributed by atoms with E-state index < -0.39 is 5.97 Å². The van der Waals surface area contributed by atoms with Gasteiger partial charge in [0.1, 0.15) is 11.3 Å². The monoisotopic (exact) mass is 207 g/mol. The minimum absolute atomic E-state index is 0.128. The second-order valence-corrected chi connectivity index (χ2v) is 3.00. The zero-order valence-electron chi connectivity index (χ0n) is 7.94. The van der Waals surface area contributed by atoms with E-state index in [-0.39, 0.29) is 11.5 Å². The summed E-state index contributed by atoms with van der Waals surface area (Å²) in [5.41, 5.74) is 6.67. The lowest BCUT2D eigenvalue weighted by atomic mass is 10.2. The quantitative estimate of drug-likeness (QED) is 0.677. The number of aromatic carboxylic acids is 1. The average molecular weight is 207 g/mol. The Labute approximate surface area is 84.7 Å². The zero-order valence-corrected chi connectivity index (χ0v) is 7.94. The van der Waals surface area contributed by atoms with E-state index in [0.29, 0.717) is 16.8 Å². The van der Waals surface area contributed by atoms with E-state index in [1.807, 2.05) is 0 Å². The lowest BCUT2D eigenvalue weighted by molar-refractivity contribution is 0.0696. The Bertz CT molecular complexity index is 533. The van der Waals surface area contributed by atoms with Crippen LogP contribution in [0.2, 0.25) is 0 Å². The second-order valence-electron chi connectivity index (χ2n) is 3.00. The third-order valence-corrected chi connectivity index (χ3v) is 2.04. The van der Waals surface area contributed by atoms with Crippen molar-refractivity contribution in [1.82, 2.24) is 9.97 Å². The van der Waals surface area contributed by atoms with Crippen molar-refractivity contribution in [2.24, 2.45) is 0 Å². The summed E-state index contributed by atoms with van der Waals surface area (Å²) in [5, 5.41) is 8.85. The second kappa shape index (κ2) is 3.16. The van der Waals surface area contributed by atoms with Crippen molar-refractivity contribution in [3.63, 3.8) is 0 Å². The van der Waals surface area contributed by atoms with Crippen LogP contribution < -0.4 is 10.5 Å². The molecule has 6 nitrogen and oxygen atoms in total. The number of aromatic nitrogens is 2. The number of nitrogen functional groups attached to an aromatic ring is 1. The number of methoxy groups -OCH3 is 1. The summed E-state index contributed by atoms with van der Waals surface area (Å²) in [7, 11) is 1.45. The van der Waals surface area contributed by atoms with E-state index in [2.05, 4.69) is 9.97 Å². The van der Waals surface area contributed by atoms with Crippen molar-refractivity contribution in [2.45, 2.75) is 0 Å². The van der Waals surface area contributed by atoms with Gasteiger partial charge in [-0.15, -0.1) is 0 Å². The number of carboxylic acid groups (broad SMARTS) is 1. The number of imidazole rings is 1. The van der Waals surface area contributed by atoms with Gasteiger partial charge in [-0.05, 0) is 12.1 Å². The first-order valence-corrected chi connectivity index (χ1v) is 4.18. The molecule has 0 radical (unpaired) electrons. The van der Waals surface area contributed by atoms with Crippen molar-refractivity contribution in [3.05, 3.63) is 17.7 Å². The normalized spacial score (nSPS) is 10.5. The van der Waals surface area contributed by atoms with Crippen LogP contribution >= 0.6 is 0 Å². The van der Waals surface area contributed by atoms with Crippen LogP contribution in [0.15, 0.2) is 12.1 Å². The summed E-state index contributed by atoms with van der Waals surface area (Å²) in [6.07, 6.45) is 0. The molecule has 0 atom stereocenters. The lowest BCUT2D eigenvalue weighted by Gasteiger charge is -2.01. The van der Waals surface area contributed by atoms with Crippen LogP contribution in [0.4, 0.5) is 5.95 Å². The maximum Gasteiger partial charge on any atom is 0.335 e. The van der Waals surface area contributed by atoms with Crippen molar-refractivity contribution < 1.29 is 14.6 Å². The van der Waals surface area contributed by atoms with E-state index in [0.717, 1.165) is 0 Å². The fraction of sp³-hybridized carbons (Fsp3) is 0.111. The van der Waals surface area contributed by atoms with Crippen molar-refractivity contribution in [1.29, 1.82) is 0 Å². The zero-order chi connectivity index (χ0) is 11.0. The third kappa shape index (κ3) is 1.45. The molecular formula is C9H9N3O3. The Kier molecular flexibility index (Phi) is 1.96. The molecule has 4 N–H and O–H groups in total. The SMILES string of the molecule is COc1cc(C(=O)O)cc2[nH]c(N)nc12. The van der Waals surface area contributed by atoms with Crippen molar-refractivity contribution >= 4 is 23.0 Å². The molecule has 1 aromatic heterocycles. The summed E-state index contributed by atoms with van der Waals surface area (Å²) in [6.45, 7) is 0. The highest BCUT2D eigenvalue weighted by Gasteiger charge is 2.12. The van der Waals surface area contributed by atoms with Gasteiger partial charge in [0.2, 0.25) is 0 Å². The molecule has 0 spiro atoms. The van der Waals surface area contributed by atoms with Crippen LogP contribution in [0.5, 0.6) is 5.75 Å². The van der Waals surface area contributed by atoms with Gasteiger partial charge in [-0.25, -0.2) is 9.78 Å². The Morgan fingerprint density at radius 2 is 2.33 bits per heavy atom. The number of carboxylic acids is 1. The molecule has 1 heterocycles. The minimum Gasteiger partial charge on any atom is -0.494 e. The van der Waals surface area contributed by atoms with Gasteiger partial charge in [0.05, 0.1) is 18.2 Å². The summed E-state index contributed by atoms with van der Waals surface area (Å²) < 4.78 is 5.03. The minimum atomic E-state index is -1.02. The number of hydrogen-bond donors (Lipinski definition) is 3. The molecule has 15 heavy (non-hydrogen) atoms. The topological polar surface area (TPSA) is 101 Å². The van der Waals surface area contributed by atoms with Gasteiger partial charge in [0.25, 0.3) is 0 Å². The Balaban J connectivity index is 2.76. The number of hydrogen-bond acceptors (Lipinski definition) is 4. The van der Waals surface area contributed by atoms with Gasteiger partial charge in [-0.1, -0.05) is 0 Å². The number of nitrogens with zero attached hydrogens (tertiary/aromatic N) is 1. The van der Waals surface area contributed by atoms with Gasteiger partial charge in [0, 0.05) is 0 Å². The molecule has 0 aliphatic heterocycles. The predicted molar refractivity (Wildman–Crippen MR) is 54.0 cm³/mol. The number of nitrogens with one attached hydrogen (secondary N) is 1. The third-order valence-electron chi connectivity index (χ3n) is 2.04. The van der Waals surface area contributed by atoms with E-state index in [1.165, 1.54) is 19.2 Å². The molecule has 0 bridgehead atoms. The summed E-state index contributed by atoms with van der Waals surface area (Å²) in [5.74, 6) is -0.410. The number of anilines is 1. The van der Waals surface area contributed by atoms with E-state index >= 15 is 0 Å². The highest BCUT2D eigenvalue weighted by molar-refractivity contribution is 5.95. The molecule has 0 amide bonds. The van der Waals surface area contributed by atoms with Crippen LogP contribution in [-0.4, -0.2) is 28.2 Å². The molecule has 2 aromatic rings. The summed E-state index contributed by atoms with van der Waals surface area (Å²) in [6, 6.07) is 2.87. The largest absolute Gasteiger partial charge is 0.494 e. The van der Waals surface area contributed by atoms with Gasteiger partial charge in [0.15, 0.2) is 5.95 Å². The first-order valence-electron chi connectivity index (χ1n) is 4.18. The molecular weight excluding hydrogens is 198 g/mol. The Morgan fingerprint density at radius 1 is 1.60 bits per heavy atom. The van der Waals surface area contributed by atoms with Crippen LogP contribution in [-0.2, 0) is 0 Å². The first kappa shape index (κ1) is 9.32. The fourth-order valence-electron chi connectivity index (χ4n) is 1.38. The molecule has 1 aromatic carbocycles. The molecule has 0 unspecified atom stereocenters. The molecule has 0 fully saturated rings. The van der Waals surface area contributed by atoms with Crippen molar-refractivity contribution in [2.75, 3.05) is 12.8 Å². The number of aromatic amines is 1. The predicted octanol–water partition coefficient (Wildman–Crippen LogP) is 0.852. The van der Waals surface area contributed by atoms with Gasteiger partial charge >= 0.3 is 5.97 Å². The van der Waals surface area contributed by atoms with E-state index in [9.17, 15) is 4.79 Å². The van der Waals surface area contributed by atoms with Crippen LogP contribution in [0.25, 0.3) is 11.0 Å². The average Bonchev–Trinajstić information content (AvgIpc) is 2.56. The molecule has 2 rings (SSSR count). The van der Waals surface area contributed by atoms with Crippen LogP contribution in [0.1, 0.15) is 10.4 Å². The van der Waals surface area contributed by atoms with Gasteiger partial charge < -0.3 is 20.6 Å². The molecule has 6 heteroatoms. The highest BCUT2D eigenvalue weighted by atomic mass is 16.5. The number of fused-ring (bicyclic) bond motifs is 1. The summed E-state index contributed by atoms with van der Waals surface area (Å²) >= 11 is 0. The number of ether oxygens (including phenoxy) is 1. The number of H-pyrrole nitrogens is 1. The molecule has 0 saturated heterocycles. The number of carbonyl (C=O) groups is 1. The summed E-state index contributed by atoms with van der Waals surface area (Å²) in [4.78, 5) is 17.5. The number of nitrogens with two attached hydrogens (primary N) is 1. The molecule has 0 aliphatic rings.